The predicted octanol–water partition coefficient (Wildman–Crippen LogP) is 3.28. The largest absolute Gasteiger partial charge is 0.497 e. The van der Waals surface area contributed by atoms with Crippen molar-refractivity contribution in [3.63, 3.8) is 0 Å². The minimum Gasteiger partial charge on any atom is -0.497 e. The van der Waals surface area contributed by atoms with Crippen molar-refractivity contribution >= 4 is 17.5 Å². The van der Waals surface area contributed by atoms with E-state index in [-0.39, 0.29) is 5.91 Å². The Balaban J connectivity index is 1.38. The molecule has 1 N–H and O–H groups in total. The quantitative estimate of drug-likeness (QED) is 0.705. The number of nitrogens with zero attached hydrogens (tertiary/aromatic N) is 4. The highest BCUT2D eigenvalue weighted by Gasteiger charge is 2.20. The Labute approximate surface area is 176 Å². The van der Waals surface area contributed by atoms with Crippen LogP contribution in [0.4, 0.5) is 11.6 Å². The predicted molar refractivity (Wildman–Crippen MR) is 117 cm³/mol. The first-order chi connectivity index (χ1) is 14.6. The summed E-state index contributed by atoms with van der Waals surface area (Å²) < 4.78 is 5.19. The molecule has 0 saturated carbocycles. The summed E-state index contributed by atoms with van der Waals surface area (Å²) in [6.45, 7) is 3.36. The average molecular weight is 403 g/mol. The first-order valence-electron chi connectivity index (χ1n) is 9.94. The molecule has 0 radical (unpaired) electrons. The van der Waals surface area contributed by atoms with Crippen LogP contribution in [0.25, 0.3) is 11.1 Å². The summed E-state index contributed by atoms with van der Waals surface area (Å²) in [4.78, 5) is 25.6. The molecule has 7 heteroatoms. The molecule has 1 aliphatic rings. The molecule has 30 heavy (non-hydrogen) atoms. The highest BCUT2D eigenvalue weighted by atomic mass is 16.5. The van der Waals surface area contributed by atoms with E-state index in [1.54, 1.807) is 19.5 Å². The lowest BCUT2D eigenvalue weighted by Crippen LogP contribution is -2.47. The van der Waals surface area contributed by atoms with E-state index in [0.717, 1.165) is 48.7 Å². The summed E-state index contributed by atoms with van der Waals surface area (Å²) in [5.74, 6) is 1.40. The number of amides is 1. The standard InChI is InChI=1S/C23H25N5O2/c1-27-11-13-28(14-12-27)22(29)18-3-7-20(8-4-18)26-23-24-15-19(16-25-23)17-5-9-21(30-2)10-6-17/h3-10,15-16H,11-14H2,1-2H3,(H,24,25,26). The third-order valence-electron chi connectivity index (χ3n) is 5.25. The van der Waals surface area contributed by atoms with Gasteiger partial charge in [-0.15, -0.1) is 0 Å². The number of methoxy groups -OCH3 is 1. The van der Waals surface area contributed by atoms with Crippen molar-refractivity contribution in [2.24, 2.45) is 0 Å². The second-order valence-electron chi connectivity index (χ2n) is 7.32. The number of aromatic nitrogens is 2. The van der Waals surface area contributed by atoms with Gasteiger partial charge >= 0.3 is 0 Å². The van der Waals surface area contributed by atoms with E-state index < -0.39 is 0 Å². The number of benzene rings is 2. The number of hydrogen-bond donors (Lipinski definition) is 1. The number of hydrogen-bond acceptors (Lipinski definition) is 6. The first-order valence-corrected chi connectivity index (χ1v) is 9.94. The number of carbonyl (C=O) groups is 1. The maximum atomic E-state index is 12.6. The zero-order valence-corrected chi connectivity index (χ0v) is 17.2. The zero-order chi connectivity index (χ0) is 20.9. The van der Waals surface area contributed by atoms with Gasteiger partial charge in [0.1, 0.15) is 5.75 Å². The number of ether oxygens (including phenoxy) is 1. The third kappa shape index (κ3) is 4.58. The van der Waals surface area contributed by atoms with Gasteiger partial charge in [0.2, 0.25) is 5.95 Å². The van der Waals surface area contributed by atoms with Crippen LogP contribution in [0.5, 0.6) is 5.75 Å². The van der Waals surface area contributed by atoms with Gasteiger partial charge in [0.05, 0.1) is 7.11 Å². The van der Waals surface area contributed by atoms with Crippen LogP contribution in [0.1, 0.15) is 10.4 Å². The average Bonchev–Trinajstić information content (AvgIpc) is 2.80. The van der Waals surface area contributed by atoms with Gasteiger partial charge in [-0.2, -0.15) is 0 Å². The molecule has 7 nitrogen and oxygen atoms in total. The summed E-state index contributed by atoms with van der Waals surface area (Å²) in [5, 5.41) is 3.18. The van der Waals surface area contributed by atoms with E-state index in [0.29, 0.717) is 11.5 Å². The maximum absolute atomic E-state index is 12.6. The summed E-state index contributed by atoms with van der Waals surface area (Å²) in [5.41, 5.74) is 3.48. The van der Waals surface area contributed by atoms with E-state index in [9.17, 15) is 4.79 Å². The molecule has 4 rings (SSSR count). The van der Waals surface area contributed by atoms with Crippen molar-refractivity contribution in [1.29, 1.82) is 0 Å². The molecule has 1 fully saturated rings. The molecule has 154 valence electrons. The molecule has 0 bridgehead atoms. The highest BCUT2D eigenvalue weighted by Crippen LogP contribution is 2.22. The molecule has 0 unspecified atom stereocenters. The molecule has 3 aromatic rings. The van der Waals surface area contributed by atoms with Gasteiger partial charge in [0.15, 0.2) is 0 Å². The molecule has 2 aromatic carbocycles. The molecular formula is C23H25N5O2. The van der Waals surface area contributed by atoms with E-state index in [2.05, 4.69) is 27.2 Å². The van der Waals surface area contributed by atoms with Crippen LogP contribution in [0, 0.1) is 0 Å². The lowest BCUT2D eigenvalue weighted by Gasteiger charge is -2.32. The van der Waals surface area contributed by atoms with E-state index >= 15 is 0 Å². The number of carbonyl (C=O) groups excluding carboxylic acids is 1. The Kier molecular flexibility index (Phi) is 5.90. The lowest BCUT2D eigenvalue weighted by atomic mass is 10.1. The Morgan fingerprint density at radius 3 is 2.13 bits per heavy atom. The SMILES string of the molecule is COc1ccc(-c2cnc(Nc3ccc(C(=O)N4CCN(C)CC4)cc3)nc2)cc1. The van der Waals surface area contributed by atoms with Crippen molar-refractivity contribution in [2.75, 3.05) is 45.7 Å². The van der Waals surface area contributed by atoms with Crippen LogP contribution in [0.3, 0.4) is 0 Å². The molecule has 2 heterocycles. The van der Waals surface area contributed by atoms with Crippen LogP contribution in [-0.4, -0.2) is 66.0 Å². The van der Waals surface area contributed by atoms with Crippen LogP contribution in [-0.2, 0) is 0 Å². The monoisotopic (exact) mass is 403 g/mol. The second kappa shape index (κ2) is 8.92. The van der Waals surface area contributed by atoms with Gasteiger partial charge in [0, 0.05) is 55.4 Å². The van der Waals surface area contributed by atoms with E-state index in [1.807, 2.05) is 53.4 Å². The van der Waals surface area contributed by atoms with Crippen molar-refractivity contribution in [3.8, 4) is 16.9 Å². The Morgan fingerprint density at radius 1 is 0.900 bits per heavy atom. The number of anilines is 2. The fraction of sp³-hybridized carbons (Fsp3) is 0.261. The molecule has 1 saturated heterocycles. The molecule has 1 aliphatic heterocycles. The van der Waals surface area contributed by atoms with Crippen LogP contribution >= 0.6 is 0 Å². The maximum Gasteiger partial charge on any atom is 0.253 e. The topological polar surface area (TPSA) is 70.6 Å². The number of nitrogens with one attached hydrogen (secondary N) is 1. The number of rotatable bonds is 5. The normalized spacial score (nSPS) is 14.4. The number of piperazine rings is 1. The Hall–Kier alpha value is -3.45. The summed E-state index contributed by atoms with van der Waals surface area (Å²) >= 11 is 0. The van der Waals surface area contributed by atoms with Crippen LogP contribution < -0.4 is 10.1 Å². The molecule has 0 spiro atoms. The van der Waals surface area contributed by atoms with Gasteiger partial charge < -0.3 is 19.9 Å². The third-order valence-corrected chi connectivity index (χ3v) is 5.25. The van der Waals surface area contributed by atoms with Crippen molar-refractivity contribution in [3.05, 3.63) is 66.5 Å². The van der Waals surface area contributed by atoms with E-state index in [1.165, 1.54) is 0 Å². The van der Waals surface area contributed by atoms with Crippen molar-refractivity contribution < 1.29 is 9.53 Å². The van der Waals surface area contributed by atoms with Gasteiger partial charge in [-0.1, -0.05) is 12.1 Å². The Bertz CT molecular complexity index is 980. The van der Waals surface area contributed by atoms with Crippen molar-refractivity contribution in [1.82, 2.24) is 19.8 Å². The fourth-order valence-corrected chi connectivity index (χ4v) is 3.34. The summed E-state index contributed by atoms with van der Waals surface area (Å²) in [6.07, 6.45) is 3.56. The van der Waals surface area contributed by atoms with Gasteiger partial charge in [-0.25, -0.2) is 9.97 Å². The first kappa shape index (κ1) is 19.8. The van der Waals surface area contributed by atoms with Gasteiger partial charge in [-0.05, 0) is 49.0 Å². The van der Waals surface area contributed by atoms with Crippen LogP contribution in [0.15, 0.2) is 60.9 Å². The fourth-order valence-electron chi connectivity index (χ4n) is 3.34. The second-order valence-corrected chi connectivity index (χ2v) is 7.32. The lowest BCUT2D eigenvalue weighted by molar-refractivity contribution is 0.0664. The minimum atomic E-state index is 0.0785. The summed E-state index contributed by atoms with van der Waals surface area (Å²) in [6, 6.07) is 15.2. The molecular weight excluding hydrogens is 378 g/mol. The molecule has 1 amide bonds. The molecule has 1 aromatic heterocycles. The highest BCUT2D eigenvalue weighted by molar-refractivity contribution is 5.94. The van der Waals surface area contributed by atoms with Crippen molar-refractivity contribution in [2.45, 2.75) is 0 Å². The van der Waals surface area contributed by atoms with E-state index in [4.69, 9.17) is 4.74 Å². The smallest absolute Gasteiger partial charge is 0.253 e. The molecule has 0 atom stereocenters. The van der Waals surface area contributed by atoms with Gasteiger partial charge in [0.25, 0.3) is 5.91 Å². The zero-order valence-electron chi connectivity index (χ0n) is 17.2. The number of likely N-dealkylation sites (N-methyl/N-ethyl adjacent to an activating group) is 1. The summed E-state index contributed by atoms with van der Waals surface area (Å²) in [7, 11) is 3.72. The van der Waals surface area contributed by atoms with Crippen LogP contribution in [0.2, 0.25) is 0 Å². The Morgan fingerprint density at radius 2 is 1.53 bits per heavy atom. The minimum absolute atomic E-state index is 0.0785. The molecule has 0 aliphatic carbocycles. The van der Waals surface area contributed by atoms with Gasteiger partial charge in [-0.3, -0.25) is 4.79 Å².